The van der Waals surface area contributed by atoms with Gasteiger partial charge in [0.25, 0.3) is 5.91 Å². The second-order valence-corrected chi connectivity index (χ2v) is 7.41. The molecular formula is C19H25N5O. The predicted molar refractivity (Wildman–Crippen MR) is 94.3 cm³/mol. The molecule has 2 aromatic rings. The molecular weight excluding hydrogens is 314 g/mol. The third kappa shape index (κ3) is 3.57. The first-order valence-corrected chi connectivity index (χ1v) is 9.23. The summed E-state index contributed by atoms with van der Waals surface area (Å²) in [5.74, 6) is 2.94. The zero-order valence-electron chi connectivity index (χ0n) is 15.0. The van der Waals surface area contributed by atoms with Crippen molar-refractivity contribution < 1.29 is 4.79 Å². The molecule has 0 radical (unpaired) electrons. The van der Waals surface area contributed by atoms with Gasteiger partial charge in [-0.15, -0.1) is 0 Å². The average molecular weight is 339 g/mol. The van der Waals surface area contributed by atoms with Crippen LogP contribution in [0.4, 0.5) is 0 Å². The van der Waals surface area contributed by atoms with Crippen molar-refractivity contribution >= 4 is 5.91 Å². The summed E-state index contributed by atoms with van der Waals surface area (Å²) in [7, 11) is 0. The van der Waals surface area contributed by atoms with E-state index in [4.69, 9.17) is 0 Å². The Balaban J connectivity index is 1.50. The molecule has 4 rings (SSSR count). The quantitative estimate of drug-likeness (QED) is 0.859. The van der Waals surface area contributed by atoms with E-state index in [1.54, 1.807) is 6.07 Å². The molecule has 0 spiro atoms. The Bertz CT molecular complexity index is 760. The molecule has 0 N–H and O–H groups in total. The summed E-state index contributed by atoms with van der Waals surface area (Å²) in [6.07, 6.45) is 8.75. The van der Waals surface area contributed by atoms with E-state index in [-0.39, 0.29) is 5.91 Å². The number of imidazole rings is 1. The standard InChI is InChI=1S/C19H25N5O/c1-13-10-17(22-14(2)21-13)19(25)24-8-3-4-16(12-24)18-20-7-9-23(18)11-15-5-6-15/h7,9-10,15-16H,3-6,8,11-12H2,1-2H3. The monoisotopic (exact) mass is 339 g/mol. The van der Waals surface area contributed by atoms with Crippen LogP contribution in [-0.4, -0.2) is 43.4 Å². The maximum atomic E-state index is 12.9. The van der Waals surface area contributed by atoms with E-state index >= 15 is 0 Å². The molecule has 2 aromatic heterocycles. The Hall–Kier alpha value is -2.24. The Morgan fingerprint density at radius 2 is 2.08 bits per heavy atom. The minimum atomic E-state index is 0.0126. The van der Waals surface area contributed by atoms with Crippen LogP contribution >= 0.6 is 0 Å². The van der Waals surface area contributed by atoms with Gasteiger partial charge >= 0.3 is 0 Å². The number of carbonyl (C=O) groups excluding carboxylic acids is 1. The number of amides is 1. The third-order valence-electron chi connectivity index (χ3n) is 5.16. The predicted octanol–water partition coefficient (Wildman–Crippen LogP) is 2.72. The van der Waals surface area contributed by atoms with Gasteiger partial charge in [-0.1, -0.05) is 0 Å². The summed E-state index contributed by atoms with van der Waals surface area (Å²) in [4.78, 5) is 28.1. The SMILES string of the molecule is Cc1cc(C(=O)N2CCCC(c3nccn3CC3CC3)C2)nc(C)n1. The number of hydrogen-bond acceptors (Lipinski definition) is 4. The van der Waals surface area contributed by atoms with Crippen LogP contribution in [-0.2, 0) is 6.54 Å². The maximum absolute atomic E-state index is 12.9. The minimum absolute atomic E-state index is 0.0126. The zero-order chi connectivity index (χ0) is 17.4. The maximum Gasteiger partial charge on any atom is 0.272 e. The lowest BCUT2D eigenvalue weighted by atomic mass is 9.96. The van der Waals surface area contributed by atoms with Crippen molar-refractivity contribution in [3.05, 3.63) is 41.5 Å². The van der Waals surface area contributed by atoms with E-state index < -0.39 is 0 Å². The summed E-state index contributed by atoms with van der Waals surface area (Å²) in [6, 6.07) is 1.78. The number of nitrogens with zero attached hydrogens (tertiary/aromatic N) is 5. The van der Waals surface area contributed by atoms with Crippen LogP contribution in [0.15, 0.2) is 18.5 Å². The highest BCUT2D eigenvalue weighted by molar-refractivity contribution is 5.92. The number of piperidine rings is 1. The van der Waals surface area contributed by atoms with E-state index in [1.807, 2.05) is 24.9 Å². The van der Waals surface area contributed by atoms with Crippen molar-refractivity contribution in [2.24, 2.45) is 5.92 Å². The molecule has 132 valence electrons. The van der Waals surface area contributed by atoms with Gasteiger partial charge in [0.05, 0.1) is 0 Å². The van der Waals surface area contributed by atoms with Gasteiger partial charge in [0.1, 0.15) is 17.3 Å². The Morgan fingerprint density at radius 1 is 1.24 bits per heavy atom. The summed E-state index contributed by atoms with van der Waals surface area (Å²) >= 11 is 0. The largest absolute Gasteiger partial charge is 0.337 e. The number of hydrogen-bond donors (Lipinski definition) is 0. The number of aryl methyl sites for hydroxylation is 2. The molecule has 1 saturated carbocycles. The molecule has 1 aliphatic carbocycles. The van der Waals surface area contributed by atoms with Crippen LogP contribution in [0.25, 0.3) is 0 Å². The topological polar surface area (TPSA) is 63.9 Å². The van der Waals surface area contributed by atoms with Crippen molar-refractivity contribution in [3.8, 4) is 0 Å². The smallest absolute Gasteiger partial charge is 0.272 e. The molecule has 1 aliphatic heterocycles. The highest BCUT2D eigenvalue weighted by Gasteiger charge is 2.30. The molecule has 25 heavy (non-hydrogen) atoms. The summed E-state index contributed by atoms with van der Waals surface area (Å²) in [5, 5.41) is 0. The summed E-state index contributed by atoms with van der Waals surface area (Å²) in [6.45, 7) is 6.32. The van der Waals surface area contributed by atoms with E-state index in [1.165, 1.54) is 12.8 Å². The van der Waals surface area contributed by atoms with Gasteiger partial charge in [-0.05, 0) is 51.5 Å². The fourth-order valence-electron chi connectivity index (χ4n) is 3.77. The van der Waals surface area contributed by atoms with Crippen molar-refractivity contribution in [2.75, 3.05) is 13.1 Å². The van der Waals surface area contributed by atoms with Gasteiger partial charge in [0.2, 0.25) is 0 Å². The highest BCUT2D eigenvalue weighted by Crippen LogP contribution is 2.33. The molecule has 1 amide bonds. The second-order valence-electron chi connectivity index (χ2n) is 7.41. The molecule has 2 fully saturated rings. The average Bonchev–Trinajstić information content (AvgIpc) is 3.28. The second kappa shape index (κ2) is 6.58. The van der Waals surface area contributed by atoms with Crippen molar-refractivity contribution in [1.29, 1.82) is 0 Å². The van der Waals surface area contributed by atoms with Gasteiger partial charge in [0, 0.05) is 43.6 Å². The van der Waals surface area contributed by atoms with Gasteiger partial charge in [-0.3, -0.25) is 4.79 Å². The summed E-state index contributed by atoms with van der Waals surface area (Å²) < 4.78 is 2.30. The van der Waals surface area contributed by atoms with Gasteiger partial charge in [-0.2, -0.15) is 0 Å². The van der Waals surface area contributed by atoms with Crippen molar-refractivity contribution in [1.82, 2.24) is 24.4 Å². The van der Waals surface area contributed by atoms with Crippen molar-refractivity contribution in [2.45, 2.75) is 52.0 Å². The normalized spacial score (nSPS) is 20.7. The Kier molecular flexibility index (Phi) is 4.27. The first-order chi connectivity index (χ1) is 12.1. The lowest BCUT2D eigenvalue weighted by molar-refractivity contribution is 0.0696. The van der Waals surface area contributed by atoms with E-state index in [0.29, 0.717) is 17.4 Å². The highest BCUT2D eigenvalue weighted by atomic mass is 16.2. The van der Waals surface area contributed by atoms with E-state index in [9.17, 15) is 4.79 Å². The van der Waals surface area contributed by atoms with Crippen LogP contribution in [0.2, 0.25) is 0 Å². The van der Waals surface area contributed by atoms with Crippen molar-refractivity contribution in [3.63, 3.8) is 0 Å². The lowest BCUT2D eigenvalue weighted by Crippen LogP contribution is -2.40. The van der Waals surface area contributed by atoms with Crippen LogP contribution in [0.3, 0.4) is 0 Å². The Labute approximate surface area is 148 Å². The number of aromatic nitrogens is 4. The van der Waals surface area contributed by atoms with Gasteiger partial charge in [-0.25, -0.2) is 15.0 Å². The minimum Gasteiger partial charge on any atom is -0.337 e. The van der Waals surface area contributed by atoms with E-state index in [2.05, 4.69) is 25.7 Å². The molecule has 1 atom stereocenters. The lowest BCUT2D eigenvalue weighted by Gasteiger charge is -2.32. The molecule has 1 unspecified atom stereocenters. The van der Waals surface area contributed by atoms with Crippen LogP contribution < -0.4 is 0 Å². The molecule has 6 heteroatoms. The fourth-order valence-corrected chi connectivity index (χ4v) is 3.77. The molecule has 6 nitrogen and oxygen atoms in total. The number of likely N-dealkylation sites (tertiary alicyclic amines) is 1. The number of carbonyl (C=O) groups is 1. The fraction of sp³-hybridized carbons (Fsp3) is 0.579. The number of rotatable bonds is 4. The van der Waals surface area contributed by atoms with Crippen LogP contribution in [0.1, 0.15) is 59.4 Å². The molecule has 2 aliphatic rings. The zero-order valence-corrected chi connectivity index (χ0v) is 15.0. The molecule has 0 aromatic carbocycles. The molecule has 0 bridgehead atoms. The van der Waals surface area contributed by atoms with Crippen LogP contribution in [0, 0.1) is 19.8 Å². The van der Waals surface area contributed by atoms with Gasteiger partial charge in [0.15, 0.2) is 0 Å². The molecule has 3 heterocycles. The first-order valence-electron chi connectivity index (χ1n) is 9.23. The van der Waals surface area contributed by atoms with Gasteiger partial charge < -0.3 is 9.47 Å². The summed E-state index contributed by atoms with van der Waals surface area (Å²) in [5.41, 5.74) is 1.34. The Morgan fingerprint density at radius 3 is 2.84 bits per heavy atom. The molecule has 1 saturated heterocycles. The third-order valence-corrected chi connectivity index (χ3v) is 5.16. The first kappa shape index (κ1) is 16.2. The van der Waals surface area contributed by atoms with E-state index in [0.717, 1.165) is 49.9 Å². The van der Waals surface area contributed by atoms with Crippen LogP contribution in [0.5, 0.6) is 0 Å².